The molecule has 0 spiro atoms. The van der Waals surface area contributed by atoms with Gasteiger partial charge in [-0.1, -0.05) is 37.1 Å². The number of nitrogens with two attached hydrogens (primary N) is 1. The Bertz CT molecular complexity index is 347. The molecule has 15 heavy (non-hydrogen) atoms. The minimum atomic E-state index is -0.199. The van der Waals surface area contributed by atoms with E-state index in [1.54, 1.807) is 12.1 Å². The molecule has 80 valence electrons. The number of hydrogen-bond donors (Lipinski definition) is 1. The van der Waals surface area contributed by atoms with Crippen LogP contribution < -0.4 is 5.73 Å². The summed E-state index contributed by atoms with van der Waals surface area (Å²) in [5, 5.41) is 0. The Kier molecular flexibility index (Phi) is 2.87. The molecule has 0 atom stereocenters. The van der Waals surface area contributed by atoms with Crippen LogP contribution in [0, 0.1) is 5.82 Å². The summed E-state index contributed by atoms with van der Waals surface area (Å²) in [7, 11) is 0. The zero-order valence-electron chi connectivity index (χ0n) is 8.75. The third-order valence-electron chi connectivity index (χ3n) is 3.01. The second kappa shape index (κ2) is 4.15. The molecule has 0 heterocycles. The van der Waals surface area contributed by atoms with E-state index in [-0.39, 0.29) is 11.4 Å². The fourth-order valence-corrected chi connectivity index (χ4v) is 2.04. The van der Waals surface area contributed by atoms with Crippen molar-refractivity contribution in [3.8, 4) is 0 Å². The monoisotopic (exact) mass is 205 g/mol. The molecule has 0 aliphatic heterocycles. The van der Waals surface area contributed by atoms with Crippen LogP contribution in [0.2, 0.25) is 0 Å². The largest absolute Gasteiger partial charge is 0.322 e. The molecule has 2 rings (SSSR count). The molecule has 1 aromatic rings. The predicted molar refractivity (Wildman–Crippen MR) is 60.8 cm³/mol. The van der Waals surface area contributed by atoms with Gasteiger partial charge in [0.1, 0.15) is 5.82 Å². The lowest BCUT2D eigenvalue weighted by molar-refractivity contribution is 0.552. The second-order valence-corrected chi connectivity index (χ2v) is 4.33. The van der Waals surface area contributed by atoms with Crippen molar-refractivity contribution >= 4 is 6.08 Å². The molecule has 0 radical (unpaired) electrons. The van der Waals surface area contributed by atoms with Crippen molar-refractivity contribution in [2.24, 2.45) is 5.73 Å². The Labute approximate surface area is 89.8 Å². The third-order valence-corrected chi connectivity index (χ3v) is 3.01. The number of rotatable bonds is 2. The van der Waals surface area contributed by atoms with Crippen LogP contribution in [0.1, 0.15) is 31.2 Å². The average Bonchev–Trinajstić information content (AvgIpc) is 2.65. The maximum atomic E-state index is 12.7. The zero-order valence-corrected chi connectivity index (χ0v) is 8.75. The number of halogens is 1. The van der Waals surface area contributed by atoms with Gasteiger partial charge in [-0.2, -0.15) is 0 Å². The highest BCUT2D eigenvalue weighted by Gasteiger charge is 2.25. The van der Waals surface area contributed by atoms with Crippen LogP contribution in [-0.2, 0) is 0 Å². The minimum absolute atomic E-state index is 0.131. The first-order valence-electron chi connectivity index (χ1n) is 5.42. The maximum absolute atomic E-state index is 12.7. The summed E-state index contributed by atoms with van der Waals surface area (Å²) in [5.74, 6) is -0.199. The Morgan fingerprint density at radius 1 is 1.13 bits per heavy atom. The standard InChI is InChI=1S/C13H16FN/c14-12-5-3-11(4-6-12)7-10-13(15)8-1-2-9-13/h3-7,10H,1-2,8-9,15H2/b10-7+. The van der Waals surface area contributed by atoms with Crippen molar-refractivity contribution in [3.05, 3.63) is 41.7 Å². The van der Waals surface area contributed by atoms with E-state index < -0.39 is 0 Å². The molecule has 2 heteroatoms. The van der Waals surface area contributed by atoms with Crippen molar-refractivity contribution in [2.45, 2.75) is 31.2 Å². The first kappa shape index (κ1) is 10.4. The molecule has 1 saturated carbocycles. The van der Waals surface area contributed by atoms with Crippen LogP contribution >= 0.6 is 0 Å². The number of benzene rings is 1. The van der Waals surface area contributed by atoms with Crippen LogP contribution in [0.5, 0.6) is 0 Å². The zero-order chi connectivity index (χ0) is 10.7. The fourth-order valence-electron chi connectivity index (χ4n) is 2.04. The lowest BCUT2D eigenvalue weighted by Crippen LogP contribution is -2.33. The Balaban J connectivity index is 2.07. The molecule has 1 aromatic carbocycles. The van der Waals surface area contributed by atoms with Crippen molar-refractivity contribution in [2.75, 3.05) is 0 Å². The molecule has 0 aromatic heterocycles. The molecule has 1 fully saturated rings. The Hall–Kier alpha value is -1.15. The van der Waals surface area contributed by atoms with Crippen molar-refractivity contribution < 1.29 is 4.39 Å². The minimum Gasteiger partial charge on any atom is -0.322 e. The van der Waals surface area contributed by atoms with Gasteiger partial charge in [-0.05, 0) is 30.5 Å². The molecule has 0 amide bonds. The second-order valence-electron chi connectivity index (χ2n) is 4.33. The van der Waals surface area contributed by atoms with Gasteiger partial charge in [-0.15, -0.1) is 0 Å². The third kappa shape index (κ3) is 2.66. The molecule has 1 aliphatic carbocycles. The van der Waals surface area contributed by atoms with Crippen molar-refractivity contribution in [1.29, 1.82) is 0 Å². The summed E-state index contributed by atoms with van der Waals surface area (Å²) in [6.45, 7) is 0. The smallest absolute Gasteiger partial charge is 0.123 e. The molecule has 0 bridgehead atoms. The van der Waals surface area contributed by atoms with Crippen LogP contribution in [-0.4, -0.2) is 5.54 Å². The van der Waals surface area contributed by atoms with Gasteiger partial charge in [0.2, 0.25) is 0 Å². The normalized spacial score (nSPS) is 19.9. The van der Waals surface area contributed by atoms with E-state index in [4.69, 9.17) is 5.73 Å². The van der Waals surface area contributed by atoms with Gasteiger partial charge >= 0.3 is 0 Å². The van der Waals surface area contributed by atoms with Crippen LogP contribution in [0.25, 0.3) is 6.08 Å². The fraction of sp³-hybridized carbons (Fsp3) is 0.385. The van der Waals surface area contributed by atoms with Crippen molar-refractivity contribution in [3.63, 3.8) is 0 Å². The summed E-state index contributed by atoms with van der Waals surface area (Å²) in [6.07, 6.45) is 8.60. The van der Waals surface area contributed by atoms with E-state index in [0.717, 1.165) is 18.4 Å². The Morgan fingerprint density at radius 3 is 2.33 bits per heavy atom. The number of hydrogen-bond acceptors (Lipinski definition) is 1. The highest BCUT2D eigenvalue weighted by molar-refractivity contribution is 5.50. The van der Waals surface area contributed by atoms with Crippen LogP contribution in [0.15, 0.2) is 30.3 Å². The lowest BCUT2D eigenvalue weighted by Gasteiger charge is -2.17. The quantitative estimate of drug-likeness (QED) is 0.788. The van der Waals surface area contributed by atoms with E-state index in [9.17, 15) is 4.39 Å². The van der Waals surface area contributed by atoms with Gasteiger partial charge in [0.25, 0.3) is 0 Å². The van der Waals surface area contributed by atoms with Crippen LogP contribution in [0.4, 0.5) is 4.39 Å². The first-order chi connectivity index (χ1) is 7.18. The molecular weight excluding hydrogens is 189 g/mol. The maximum Gasteiger partial charge on any atom is 0.123 e. The van der Waals surface area contributed by atoms with Gasteiger partial charge < -0.3 is 5.73 Å². The van der Waals surface area contributed by atoms with E-state index in [0.29, 0.717) is 0 Å². The van der Waals surface area contributed by atoms with E-state index >= 15 is 0 Å². The summed E-state index contributed by atoms with van der Waals surface area (Å²) >= 11 is 0. The van der Waals surface area contributed by atoms with Crippen molar-refractivity contribution in [1.82, 2.24) is 0 Å². The van der Waals surface area contributed by atoms with Gasteiger partial charge in [-0.3, -0.25) is 0 Å². The lowest BCUT2D eigenvalue weighted by atomic mass is 9.97. The van der Waals surface area contributed by atoms with Crippen LogP contribution in [0.3, 0.4) is 0 Å². The summed E-state index contributed by atoms with van der Waals surface area (Å²) in [5.41, 5.74) is 7.05. The molecule has 2 N–H and O–H groups in total. The summed E-state index contributed by atoms with van der Waals surface area (Å²) < 4.78 is 12.7. The average molecular weight is 205 g/mol. The SMILES string of the molecule is NC1(/C=C/c2ccc(F)cc2)CCCC1. The molecule has 0 unspecified atom stereocenters. The molecular formula is C13H16FN. The van der Waals surface area contributed by atoms with Gasteiger partial charge in [0, 0.05) is 5.54 Å². The van der Waals surface area contributed by atoms with Gasteiger partial charge in [0.15, 0.2) is 0 Å². The van der Waals surface area contributed by atoms with E-state index in [1.807, 2.05) is 6.08 Å². The summed E-state index contributed by atoms with van der Waals surface area (Å²) in [6, 6.07) is 6.48. The van der Waals surface area contributed by atoms with Gasteiger partial charge in [-0.25, -0.2) is 4.39 Å². The first-order valence-corrected chi connectivity index (χ1v) is 5.42. The van der Waals surface area contributed by atoms with Gasteiger partial charge in [0.05, 0.1) is 0 Å². The predicted octanol–water partition coefficient (Wildman–Crippen LogP) is 3.11. The molecule has 1 aliphatic rings. The Morgan fingerprint density at radius 2 is 1.73 bits per heavy atom. The highest BCUT2D eigenvalue weighted by Crippen LogP contribution is 2.28. The molecule has 0 saturated heterocycles. The topological polar surface area (TPSA) is 26.0 Å². The van der Waals surface area contributed by atoms with E-state index in [2.05, 4.69) is 6.08 Å². The van der Waals surface area contributed by atoms with E-state index in [1.165, 1.54) is 25.0 Å². The highest BCUT2D eigenvalue weighted by atomic mass is 19.1. The summed E-state index contributed by atoms with van der Waals surface area (Å²) in [4.78, 5) is 0. The molecule has 1 nitrogen and oxygen atoms in total.